The van der Waals surface area contributed by atoms with E-state index in [2.05, 4.69) is 5.32 Å². The molecule has 0 heterocycles. The first-order chi connectivity index (χ1) is 14.3. The molecule has 0 unspecified atom stereocenters. The smallest absolute Gasteiger partial charge is 0.418 e. The summed E-state index contributed by atoms with van der Waals surface area (Å²) < 4.78 is 50.7. The Bertz CT molecular complexity index is 963. The van der Waals surface area contributed by atoms with Crippen LogP contribution in [0.25, 0.3) is 6.08 Å². The fraction of sp³-hybridized carbons (Fsp3) is 0.273. The van der Waals surface area contributed by atoms with E-state index < -0.39 is 23.3 Å². The van der Waals surface area contributed by atoms with Crippen LogP contribution in [-0.4, -0.2) is 19.1 Å². The van der Waals surface area contributed by atoms with Crippen molar-refractivity contribution in [1.82, 2.24) is 0 Å². The van der Waals surface area contributed by atoms with Crippen LogP contribution in [0.5, 0.6) is 11.5 Å². The molecule has 0 aliphatic carbocycles. The quantitative estimate of drug-likeness (QED) is 0.458. The van der Waals surface area contributed by atoms with Crippen molar-refractivity contribution in [2.24, 2.45) is 0 Å². The molecule has 0 atom stereocenters. The van der Waals surface area contributed by atoms with Gasteiger partial charge in [-0.2, -0.15) is 18.4 Å². The highest BCUT2D eigenvalue weighted by Gasteiger charge is 2.33. The first-order valence-corrected chi connectivity index (χ1v) is 9.29. The summed E-state index contributed by atoms with van der Waals surface area (Å²) in [5.41, 5.74) is -1.39. The number of hydrogen-bond donors (Lipinski definition) is 1. The van der Waals surface area contributed by atoms with Crippen molar-refractivity contribution in [2.75, 3.05) is 18.5 Å². The molecule has 2 aromatic rings. The average molecular weight is 418 g/mol. The third-order valence-electron chi connectivity index (χ3n) is 3.91. The second-order valence-electron chi connectivity index (χ2n) is 6.12. The maximum atomic E-state index is 13.2. The van der Waals surface area contributed by atoms with Crippen molar-refractivity contribution in [3.63, 3.8) is 0 Å². The van der Waals surface area contributed by atoms with Crippen LogP contribution in [-0.2, 0) is 11.0 Å². The zero-order chi connectivity index (χ0) is 22.1. The Kier molecular flexibility index (Phi) is 7.87. The lowest BCUT2D eigenvalue weighted by molar-refractivity contribution is -0.137. The van der Waals surface area contributed by atoms with E-state index in [9.17, 15) is 23.2 Å². The van der Waals surface area contributed by atoms with Gasteiger partial charge >= 0.3 is 6.18 Å². The molecule has 0 aliphatic heterocycles. The predicted octanol–water partition coefficient (Wildman–Crippen LogP) is 5.44. The number of ether oxygens (including phenoxy) is 2. The molecule has 0 saturated carbocycles. The number of alkyl halides is 3. The Morgan fingerprint density at radius 1 is 1.13 bits per heavy atom. The Morgan fingerprint density at radius 3 is 2.50 bits per heavy atom. The highest BCUT2D eigenvalue weighted by molar-refractivity contribution is 6.10. The molecule has 2 rings (SSSR count). The molecule has 8 heteroatoms. The summed E-state index contributed by atoms with van der Waals surface area (Å²) in [5, 5.41) is 11.6. The van der Waals surface area contributed by atoms with Gasteiger partial charge in [-0.05, 0) is 37.6 Å². The van der Waals surface area contributed by atoms with Crippen molar-refractivity contribution >= 4 is 17.7 Å². The second kappa shape index (κ2) is 10.3. The van der Waals surface area contributed by atoms with Gasteiger partial charge in [-0.3, -0.25) is 4.79 Å². The van der Waals surface area contributed by atoms with Gasteiger partial charge in [0.1, 0.15) is 11.6 Å². The van der Waals surface area contributed by atoms with Crippen molar-refractivity contribution in [3.8, 4) is 17.6 Å². The minimum Gasteiger partial charge on any atom is -0.490 e. The van der Waals surface area contributed by atoms with E-state index in [1.165, 1.54) is 18.2 Å². The minimum absolute atomic E-state index is 0.359. The zero-order valence-electron chi connectivity index (χ0n) is 16.5. The Morgan fingerprint density at radius 2 is 1.87 bits per heavy atom. The fourth-order valence-corrected chi connectivity index (χ4v) is 2.61. The molecule has 0 spiro atoms. The molecular formula is C22H21F3N2O3. The molecular weight excluding hydrogens is 397 g/mol. The number of carbonyl (C=O) groups excluding carboxylic acids is 1. The summed E-state index contributed by atoms with van der Waals surface area (Å²) in [5.74, 6) is -0.158. The molecule has 30 heavy (non-hydrogen) atoms. The number of hydrogen-bond acceptors (Lipinski definition) is 4. The number of nitriles is 1. The number of halogens is 3. The number of anilines is 1. The molecule has 0 bridgehead atoms. The van der Waals surface area contributed by atoms with Crippen molar-refractivity contribution < 1.29 is 27.4 Å². The third-order valence-corrected chi connectivity index (χ3v) is 3.91. The van der Waals surface area contributed by atoms with Gasteiger partial charge in [0.15, 0.2) is 11.5 Å². The van der Waals surface area contributed by atoms with Crippen molar-refractivity contribution in [2.45, 2.75) is 26.4 Å². The maximum absolute atomic E-state index is 13.2. The van der Waals surface area contributed by atoms with Crippen LogP contribution in [0, 0.1) is 11.3 Å². The van der Waals surface area contributed by atoms with Gasteiger partial charge in [0.2, 0.25) is 0 Å². The van der Waals surface area contributed by atoms with E-state index in [0.717, 1.165) is 18.6 Å². The molecule has 0 aromatic heterocycles. The van der Waals surface area contributed by atoms with Crippen LogP contribution in [0.3, 0.4) is 0 Å². The van der Waals surface area contributed by atoms with Gasteiger partial charge in [-0.15, -0.1) is 0 Å². The first kappa shape index (κ1) is 22.8. The lowest BCUT2D eigenvalue weighted by Gasteiger charge is -2.15. The number of carbonyl (C=O) groups is 1. The summed E-state index contributed by atoms with van der Waals surface area (Å²) >= 11 is 0. The lowest BCUT2D eigenvalue weighted by Crippen LogP contribution is -2.17. The van der Waals surface area contributed by atoms with Crippen LogP contribution in [0.1, 0.15) is 31.4 Å². The Labute approximate surface area is 172 Å². The monoisotopic (exact) mass is 418 g/mol. The first-order valence-electron chi connectivity index (χ1n) is 9.29. The SMILES string of the molecule is CCCOc1c(/C=C(\C#N)C(=O)Nc2ccccc2C(F)(F)F)cccc1OCC. The van der Waals surface area contributed by atoms with E-state index in [0.29, 0.717) is 30.3 Å². The predicted molar refractivity (Wildman–Crippen MR) is 107 cm³/mol. The number of nitrogens with zero attached hydrogens (tertiary/aromatic N) is 1. The average Bonchev–Trinajstić information content (AvgIpc) is 2.71. The number of rotatable bonds is 8. The summed E-state index contributed by atoms with van der Waals surface area (Å²) in [7, 11) is 0. The van der Waals surface area contributed by atoms with E-state index in [1.807, 2.05) is 6.92 Å². The highest BCUT2D eigenvalue weighted by Crippen LogP contribution is 2.35. The van der Waals surface area contributed by atoms with E-state index >= 15 is 0 Å². The minimum atomic E-state index is -4.65. The molecule has 0 saturated heterocycles. The molecule has 0 aliphatic rings. The molecule has 1 amide bonds. The van der Waals surface area contributed by atoms with Crippen LogP contribution in [0.4, 0.5) is 18.9 Å². The zero-order valence-corrected chi connectivity index (χ0v) is 16.5. The molecule has 2 aromatic carbocycles. The van der Waals surface area contributed by atoms with E-state index in [4.69, 9.17) is 9.47 Å². The van der Waals surface area contributed by atoms with E-state index in [-0.39, 0.29) is 5.57 Å². The summed E-state index contributed by atoms with van der Waals surface area (Å²) in [6.07, 6.45) is -2.66. The van der Waals surface area contributed by atoms with Gasteiger partial charge in [-0.1, -0.05) is 31.2 Å². The summed E-state index contributed by atoms with van der Waals surface area (Å²) in [6.45, 7) is 4.50. The summed E-state index contributed by atoms with van der Waals surface area (Å²) in [4.78, 5) is 12.5. The highest BCUT2D eigenvalue weighted by atomic mass is 19.4. The normalized spacial score (nSPS) is 11.5. The number of amides is 1. The van der Waals surface area contributed by atoms with Gasteiger partial charge in [0, 0.05) is 5.56 Å². The van der Waals surface area contributed by atoms with Gasteiger partial charge in [0.05, 0.1) is 24.5 Å². The molecule has 1 N–H and O–H groups in total. The van der Waals surface area contributed by atoms with Crippen molar-refractivity contribution in [3.05, 3.63) is 59.2 Å². The van der Waals surface area contributed by atoms with Gasteiger partial charge < -0.3 is 14.8 Å². The number of nitrogens with one attached hydrogen (secondary N) is 1. The van der Waals surface area contributed by atoms with Crippen LogP contribution in [0.2, 0.25) is 0 Å². The topological polar surface area (TPSA) is 71.3 Å². The van der Waals surface area contributed by atoms with Crippen LogP contribution < -0.4 is 14.8 Å². The Balaban J connectivity index is 2.40. The standard InChI is InChI=1S/C22H21F3N2O3/c1-3-12-30-20-15(8-7-11-19(20)29-4-2)13-16(14-26)21(28)27-18-10-6-5-9-17(18)22(23,24)25/h5-11,13H,3-4,12H2,1-2H3,(H,27,28)/b16-13+. The molecule has 0 fully saturated rings. The largest absolute Gasteiger partial charge is 0.490 e. The molecule has 5 nitrogen and oxygen atoms in total. The number of benzene rings is 2. The van der Waals surface area contributed by atoms with Gasteiger partial charge in [0.25, 0.3) is 5.91 Å². The van der Waals surface area contributed by atoms with E-state index in [1.54, 1.807) is 31.2 Å². The number of para-hydroxylation sites is 2. The lowest BCUT2D eigenvalue weighted by atomic mass is 10.1. The molecule has 158 valence electrons. The summed E-state index contributed by atoms with van der Waals surface area (Å²) in [6, 6.07) is 11.3. The van der Waals surface area contributed by atoms with Crippen molar-refractivity contribution in [1.29, 1.82) is 5.26 Å². The third kappa shape index (κ3) is 5.77. The Hall–Kier alpha value is -3.47. The van der Waals surface area contributed by atoms with Gasteiger partial charge in [-0.25, -0.2) is 0 Å². The van der Waals surface area contributed by atoms with Crippen LogP contribution in [0.15, 0.2) is 48.0 Å². The second-order valence-corrected chi connectivity index (χ2v) is 6.12. The maximum Gasteiger partial charge on any atom is 0.418 e. The fourth-order valence-electron chi connectivity index (χ4n) is 2.61. The molecule has 0 radical (unpaired) electrons. The van der Waals surface area contributed by atoms with Crippen LogP contribution >= 0.6 is 0 Å².